The van der Waals surface area contributed by atoms with Gasteiger partial charge in [-0.2, -0.15) is 0 Å². The molecular formula is C14H21NO. The van der Waals surface area contributed by atoms with Crippen molar-refractivity contribution in [2.24, 2.45) is 5.92 Å². The Hall–Kier alpha value is -1.31. The van der Waals surface area contributed by atoms with E-state index in [4.69, 9.17) is 0 Å². The Morgan fingerprint density at radius 2 is 2.06 bits per heavy atom. The van der Waals surface area contributed by atoms with Crippen LogP contribution in [0.5, 0.6) is 0 Å². The van der Waals surface area contributed by atoms with Crippen LogP contribution in [0.4, 0.5) is 0 Å². The van der Waals surface area contributed by atoms with Crippen molar-refractivity contribution in [2.45, 2.75) is 33.6 Å². The van der Waals surface area contributed by atoms with E-state index in [2.05, 4.69) is 32.2 Å². The number of nitrogens with one attached hydrogen (secondary N) is 1. The largest absolute Gasteiger partial charge is 0.355 e. The van der Waals surface area contributed by atoms with Crippen LogP contribution in [-0.4, -0.2) is 13.0 Å². The lowest BCUT2D eigenvalue weighted by Gasteiger charge is -2.12. The highest BCUT2D eigenvalue weighted by atomic mass is 16.1. The average Bonchev–Trinajstić information content (AvgIpc) is 2.25. The molecule has 0 aliphatic rings. The van der Waals surface area contributed by atoms with E-state index in [1.54, 1.807) is 7.05 Å². The number of aryl methyl sites for hydroxylation is 1. The Morgan fingerprint density at radius 1 is 1.38 bits per heavy atom. The first-order valence-corrected chi connectivity index (χ1v) is 5.86. The fourth-order valence-electron chi connectivity index (χ4n) is 1.81. The molecule has 1 rings (SSSR count). The minimum atomic E-state index is 0.0162. The highest BCUT2D eigenvalue weighted by Crippen LogP contribution is 2.18. The van der Waals surface area contributed by atoms with Gasteiger partial charge in [0.15, 0.2) is 0 Å². The zero-order chi connectivity index (χ0) is 12.1. The van der Waals surface area contributed by atoms with Crippen LogP contribution in [0.15, 0.2) is 18.2 Å². The molecule has 2 heteroatoms. The molecule has 0 saturated carbocycles. The normalized spacial score (nSPS) is 10.6. The zero-order valence-corrected chi connectivity index (χ0v) is 10.6. The zero-order valence-electron chi connectivity index (χ0n) is 10.6. The maximum atomic E-state index is 11.7. The summed E-state index contributed by atoms with van der Waals surface area (Å²) in [6, 6.07) is 5.92. The Bertz CT molecular complexity index is 369. The average molecular weight is 219 g/mol. The van der Waals surface area contributed by atoms with Gasteiger partial charge in [-0.05, 0) is 42.9 Å². The molecule has 0 fully saturated rings. The predicted molar refractivity (Wildman–Crippen MR) is 67.7 cm³/mol. The van der Waals surface area contributed by atoms with Crippen LogP contribution in [0.25, 0.3) is 0 Å². The van der Waals surface area contributed by atoms with Crippen molar-refractivity contribution in [3.05, 3.63) is 34.9 Å². The van der Waals surface area contributed by atoms with Crippen LogP contribution in [0.2, 0.25) is 0 Å². The lowest BCUT2D eigenvalue weighted by Crippen LogP contribution is -2.20. The lowest BCUT2D eigenvalue weighted by atomic mass is 9.94. The van der Waals surface area contributed by atoms with Gasteiger partial charge in [-0.15, -0.1) is 0 Å². The molecule has 1 aromatic rings. The van der Waals surface area contributed by atoms with Gasteiger partial charge in [0.25, 0.3) is 5.91 Å². The molecule has 0 heterocycles. The first kappa shape index (κ1) is 12.8. The molecule has 1 N–H and O–H groups in total. The first-order valence-electron chi connectivity index (χ1n) is 5.86. The fraction of sp³-hybridized carbons (Fsp3) is 0.500. The van der Waals surface area contributed by atoms with Crippen molar-refractivity contribution in [2.75, 3.05) is 7.05 Å². The lowest BCUT2D eigenvalue weighted by molar-refractivity contribution is 0.0962. The number of carbonyl (C=O) groups is 1. The van der Waals surface area contributed by atoms with E-state index >= 15 is 0 Å². The van der Waals surface area contributed by atoms with Crippen LogP contribution in [-0.2, 0) is 6.42 Å². The van der Waals surface area contributed by atoms with Crippen molar-refractivity contribution in [1.29, 1.82) is 0 Å². The third kappa shape index (κ3) is 3.09. The van der Waals surface area contributed by atoms with Crippen LogP contribution >= 0.6 is 0 Å². The van der Waals surface area contributed by atoms with Crippen molar-refractivity contribution >= 4 is 5.91 Å². The molecule has 0 bridgehead atoms. The summed E-state index contributed by atoms with van der Waals surface area (Å²) < 4.78 is 0. The van der Waals surface area contributed by atoms with Gasteiger partial charge >= 0.3 is 0 Å². The van der Waals surface area contributed by atoms with E-state index in [0.29, 0.717) is 5.92 Å². The Labute approximate surface area is 98.1 Å². The molecule has 0 radical (unpaired) electrons. The van der Waals surface area contributed by atoms with Crippen LogP contribution < -0.4 is 5.32 Å². The van der Waals surface area contributed by atoms with Crippen LogP contribution in [0.1, 0.15) is 41.8 Å². The molecule has 16 heavy (non-hydrogen) atoms. The van der Waals surface area contributed by atoms with E-state index in [0.717, 1.165) is 18.4 Å². The number of amides is 1. The fourth-order valence-corrected chi connectivity index (χ4v) is 1.81. The van der Waals surface area contributed by atoms with Gasteiger partial charge in [0, 0.05) is 12.6 Å². The Balaban J connectivity index is 2.99. The number of benzene rings is 1. The molecule has 0 aliphatic heterocycles. The smallest absolute Gasteiger partial charge is 0.251 e. The minimum Gasteiger partial charge on any atom is -0.355 e. The molecule has 0 aromatic heterocycles. The van der Waals surface area contributed by atoms with Gasteiger partial charge in [0.2, 0.25) is 0 Å². The van der Waals surface area contributed by atoms with E-state index in [1.165, 1.54) is 11.1 Å². The summed E-state index contributed by atoms with van der Waals surface area (Å²) in [5, 5.41) is 2.70. The van der Waals surface area contributed by atoms with Gasteiger partial charge in [0.05, 0.1) is 0 Å². The molecule has 88 valence electrons. The van der Waals surface area contributed by atoms with E-state index in [1.807, 2.05) is 12.1 Å². The Kier molecular flexibility index (Phi) is 4.53. The number of rotatable bonds is 4. The topological polar surface area (TPSA) is 29.1 Å². The maximum absolute atomic E-state index is 11.7. The number of carbonyl (C=O) groups excluding carboxylic acids is 1. The number of hydrogen-bond acceptors (Lipinski definition) is 1. The molecule has 0 unspecified atom stereocenters. The molecule has 0 spiro atoms. The third-order valence-electron chi connectivity index (χ3n) is 2.85. The van der Waals surface area contributed by atoms with Gasteiger partial charge in [-0.25, -0.2) is 0 Å². The second-order valence-electron chi connectivity index (χ2n) is 4.61. The molecule has 2 nitrogen and oxygen atoms in total. The van der Waals surface area contributed by atoms with E-state index in [9.17, 15) is 4.79 Å². The standard InChI is InChI=1S/C14H21NO/c1-10(2)8-9-12-11(3)6-5-7-13(12)14(16)15-4/h5-7,10H,8-9H2,1-4H3,(H,15,16). The molecule has 1 aromatic carbocycles. The summed E-state index contributed by atoms with van der Waals surface area (Å²) in [7, 11) is 1.68. The third-order valence-corrected chi connectivity index (χ3v) is 2.85. The second-order valence-corrected chi connectivity index (χ2v) is 4.61. The quantitative estimate of drug-likeness (QED) is 0.828. The summed E-state index contributed by atoms with van der Waals surface area (Å²) >= 11 is 0. The summed E-state index contributed by atoms with van der Waals surface area (Å²) in [4.78, 5) is 11.7. The summed E-state index contributed by atoms with van der Waals surface area (Å²) in [5.74, 6) is 0.680. The van der Waals surface area contributed by atoms with Gasteiger partial charge in [-0.1, -0.05) is 26.0 Å². The molecule has 0 aliphatic carbocycles. The van der Waals surface area contributed by atoms with Crippen molar-refractivity contribution < 1.29 is 4.79 Å². The van der Waals surface area contributed by atoms with Crippen molar-refractivity contribution in [1.82, 2.24) is 5.32 Å². The number of hydrogen-bond donors (Lipinski definition) is 1. The minimum absolute atomic E-state index is 0.0162. The molecular weight excluding hydrogens is 198 g/mol. The predicted octanol–water partition coefficient (Wildman–Crippen LogP) is 2.94. The van der Waals surface area contributed by atoms with Crippen molar-refractivity contribution in [3.63, 3.8) is 0 Å². The molecule has 0 atom stereocenters. The summed E-state index contributed by atoms with van der Waals surface area (Å²) in [5.41, 5.74) is 3.22. The van der Waals surface area contributed by atoms with Gasteiger partial charge in [0.1, 0.15) is 0 Å². The maximum Gasteiger partial charge on any atom is 0.251 e. The first-order chi connectivity index (χ1) is 7.56. The highest BCUT2D eigenvalue weighted by Gasteiger charge is 2.11. The molecule has 1 amide bonds. The SMILES string of the molecule is CNC(=O)c1cccc(C)c1CCC(C)C. The Morgan fingerprint density at radius 3 is 2.62 bits per heavy atom. The van der Waals surface area contributed by atoms with Crippen molar-refractivity contribution in [3.8, 4) is 0 Å². The monoisotopic (exact) mass is 219 g/mol. The summed E-state index contributed by atoms with van der Waals surface area (Å²) in [6.45, 7) is 6.48. The highest BCUT2D eigenvalue weighted by molar-refractivity contribution is 5.95. The van der Waals surface area contributed by atoms with Gasteiger partial charge in [-0.3, -0.25) is 4.79 Å². The van der Waals surface area contributed by atoms with E-state index in [-0.39, 0.29) is 5.91 Å². The van der Waals surface area contributed by atoms with Crippen LogP contribution in [0, 0.1) is 12.8 Å². The van der Waals surface area contributed by atoms with Gasteiger partial charge < -0.3 is 5.32 Å². The van der Waals surface area contributed by atoms with E-state index < -0.39 is 0 Å². The van der Waals surface area contributed by atoms with Crippen LogP contribution in [0.3, 0.4) is 0 Å². The molecule has 0 saturated heterocycles. The summed E-state index contributed by atoms with van der Waals surface area (Å²) in [6.07, 6.45) is 2.10. The second kappa shape index (κ2) is 5.69.